The van der Waals surface area contributed by atoms with E-state index in [1.165, 1.54) is 13.2 Å². The van der Waals surface area contributed by atoms with E-state index in [0.29, 0.717) is 11.3 Å². The molecule has 0 amide bonds. The fraction of sp³-hybridized carbons (Fsp3) is 0.182. The second kappa shape index (κ2) is 3.73. The third-order valence-corrected chi connectivity index (χ3v) is 2.27. The summed E-state index contributed by atoms with van der Waals surface area (Å²) in [4.78, 5) is 6.88. The average Bonchev–Trinajstić information content (AvgIpc) is 2.74. The van der Waals surface area contributed by atoms with Gasteiger partial charge in [-0.2, -0.15) is 0 Å². The largest absolute Gasteiger partial charge is 0.496 e. The maximum atomic E-state index is 13.3. The number of nitrogens with zero attached hydrogens (tertiary/aromatic N) is 1. The van der Waals surface area contributed by atoms with Crippen molar-refractivity contribution >= 4 is 0 Å². The number of rotatable bonds is 2. The van der Waals surface area contributed by atoms with Crippen molar-refractivity contribution in [2.75, 3.05) is 7.11 Å². The Labute approximate surface area is 86.9 Å². The first kappa shape index (κ1) is 9.71. The van der Waals surface area contributed by atoms with Gasteiger partial charge in [0.2, 0.25) is 0 Å². The first-order valence-electron chi connectivity index (χ1n) is 4.55. The van der Waals surface area contributed by atoms with Crippen LogP contribution in [0.4, 0.5) is 4.39 Å². The van der Waals surface area contributed by atoms with Crippen LogP contribution in [0.2, 0.25) is 0 Å². The van der Waals surface area contributed by atoms with Crippen LogP contribution in [0.25, 0.3) is 11.3 Å². The number of halogens is 1. The van der Waals surface area contributed by atoms with Gasteiger partial charge in [-0.25, -0.2) is 9.37 Å². The van der Waals surface area contributed by atoms with Crippen LogP contribution in [0.15, 0.2) is 24.7 Å². The molecule has 78 valence electrons. The number of imidazole rings is 1. The second-order valence-electron chi connectivity index (χ2n) is 3.27. The lowest BCUT2D eigenvalue weighted by atomic mass is 10.1. The average molecular weight is 206 g/mol. The zero-order chi connectivity index (χ0) is 10.8. The van der Waals surface area contributed by atoms with E-state index >= 15 is 0 Å². The van der Waals surface area contributed by atoms with Gasteiger partial charge in [0.15, 0.2) is 0 Å². The molecule has 0 unspecified atom stereocenters. The molecule has 2 aromatic rings. The summed E-state index contributed by atoms with van der Waals surface area (Å²) in [5.74, 6) is 0.234. The van der Waals surface area contributed by atoms with Gasteiger partial charge in [-0.1, -0.05) is 0 Å². The highest BCUT2D eigenvalue weighted by Crippen LogP contribution is 2.30. The molecule has 1 aromatic heterocycles. The molecule has 2 rings (SSSR count). The van der Waals surface area contributed by atoms with Gasteiger partial charge in [-0.3, -0.25) is 0 Å². The Morgan fingerprint density at radius 2 is 2.20 bits per heavy atom. The van der Waals surface area contributed by atoms with Crippen LogP contribution in [0.5, 0.6) is 5.75 Å². The van der Waals surface area contributed by atoms with E-state index in [0.717, 1.165) is 11.3 Å². The van der Waals surface area contributed by atoms with Crippen molar-refractivity contribution in [1.82, 2.24) is 9.97 Å². The molecule has 0 saturated carbocycles. The van der Waals surface area contributed by atoms with Gasteiger partial charge in [0.25, 0.3) is 0 Å². The van der Waals surface area contributed by atoms with E-state index in [1.54, 1.807) is 25.5 Å². The third-order valence-electron chi connectivity index (χ3n) is 2.27. The van der Waals surface area contributed by atoms with Crippen molar-refractivity contribution in [2.24, 2.45) is 0 Å². The number of aryl methyl sites for hydroxylation is 1. The molecular formula is C11H11FN2O. The van der Waals surface area contributed by atoms with E-state index in [-0.39, 0.29) is 5.82 Å². The fourth-order valence-electron chi connectivity index (χ4n) is 1.45. The molecule has 1 heterocycles. The quantitative estimate of drug-likeness (QED) is 0.819. The highest BCUT2D eigenvalue weighted by molar-refractivity contribution is 5.67. The van der Waals surface area contributed by atoms with Gasteiger partial charge in [0, 0.05) is 11.6 Å². The Balaban J connectivity index is 2.60. The van der Waals surface area contributed by atoms with Gasteiger partial charge in [-0.05, 0) is 18.6 Å². The Bertz CT molecular complexity index is 466. The highest BCUT2D eigenvalue weighted by atomic mass is 19.1. The van der Waals surface area contributed by atoms with Crippen LogP contribution < -0.4 is 4.74 Å². The molecule has 0 aliphatic rings. The first-order chi connectivity index (χ1) is 7.22. The van der Waals surface area contributed by atoms with E-state index < -0.39 is 0 Å². The lowest BCUT2D eigenvalue weighted by molar-refractivity contribution is 0.412. The molecule has 4 heteroatoms. The van der Waals surface area contributed by atoms with Crippen molar-refractivity contribution in [3.05, 3.63) is 36.0 Å². The minimum Gasteiger partial charge on any atom is -0.496 e. The molecule has 0 aliphatic carbocycles. The summed E-state index contributed by atoms with van der Waals surface area (Å²) in [5.41, 5.74) is 2.21. The van der Waals surface area contributed by atoms with Gasteiger partial charge in [0.1, 0.15) is 11.6 Å². The SMILES string of the molecule is COc1cc(F)c(C)cc1-c1cnc[nH]1. The molecule has 0 radical (unpaired) electrons. The zero-order valence-corrected chi connectivity index (χ0v) is 8.54. The summed E-state index contributed by atoms with van der Waals surface area (Å²) in [6.07, 6.45) is 3.25. The second-order valence-corrected chi connectivity index (χ2v) is 3.27. The standard InChI is InChI=1S/C11H11FN2O/c1-7-3-8(10-5-13-6-14-10)11(15-2)4-9(7)12/h3-6H,1-2H3,(H,13,14). The van der Waals surface area contributed by atoms with Crippen molar-refractivity contribution in [3.8, 4) is 17.0 Å². The Morgan fingerprint density at radius 3 is 2.80 bits per heavy atom. The monoisotopic (exact) mass is 206 g/mol. The smallest absolute Gasteiger partial charge is 0.131 e. The van der Waals surface area contributed by atoms with Gasteiger partial charge >= 0.3 is 0 Å². The minimum absolute atomic E-state index is 0.268. The van der Waals surface area contributed by atoms with Crippen LogP contribution in [0.1, 0.15) is 5.56 Å². The number of nitrogens with one attached hydrogen (secondary N) is 1. The van der Waals surface area contributed by atoms with Crippen LogP contribution in [-0.4, -0.2) is 17.1 Å². The predicted octanol–water partition coefficient (Wildman–Crippen LogP) is 2.53. The summed E-state index contributed by atoms with van der Waals surface area (Å²) >= 11 is 0. The molecule has 3 nitrogen and oxygen atoms in total. The molecule has 0 saturated heterocycles. The van der Waals surface area contributed by atoms with Gasteiger partial charge < -0.3 is 9.72 Å². The number of hydrogen-bond donors (Lipinski definition) is 1. The summed E-state index contributed by atoms with van der Waals surface area (Å²) in [5, 5.41) is 0. The Kier molecular flexibility index (Phi) is 2.41. The molecule has 0 fully saturated rings. The summed E-state index contributed by atoms with van der Waals surface area (Å²) < 4.78 is 18.4. The normalized spacial score (nSPS) is 10.3. The van der Waals surface area contributed by atoms with Crippen LogP contribution >= 0.6 is 0 Å². The number of hydrogen-bond acceptors (Lipinski definition) is 2. The highest BCUT2D eigenvalue weighted by Gasteiger charge is 2.10. The summed E-state index contributed by atoms with van der Waals surface area (Å²) in [6.45, 7) is 1.72. The topological polar surface area (TPSA) is 37.9 Å². The lowest BCUT2D eigenvalue weighted by Gasteiger charge is -2.08. The molecule has 1 aromatic carbocycles. The zero-order valence-electron chi connectivity index (χ0n) is 8.54. The fourth-order valence-corrected chi connectivity index (χ4v) is 1.45. The minimum atomic E-state index is -0.268. The first-order valence-corrected chi connectivity index (χ1v) is 4.55. The van der Waals surface area contributed by atoms with E-state index in [1.807, 2.05) is 0 Å². The van der Waals surface area contributed by atoms with Crippen molar-refractivity contribution in [2.45, 2.75) is 6.92 Å². The Morgan fingerprint density at radius 1 is 1.40 bits per heavy atom. The molecular weight excluding hydrogens is 195 g/mol. The number of aromatic amines is 1. The van der Waals surface area contributed by atoms with E-state index in [9.17, 15) is 4.39 Å². The summed E-state index contributed by atoms with van der Waals surface area (Å²) in [6, 6.07) is 3.12. The number of benzene rings is 1. The molecule has 15 heavy (non-hydrogen) atoms. The van der Waals surface area contributed by atoms with Crippen molar-refractivity contribution < 1.29 is 9.13 Å². The maximum Gasteiger partial charge on any atom is 0.131 e. The maximum absolute atomic E-state index is 13.3. The van der Waals surface area contributed by atoms with Crippen LogP contribution in [0, 0.1) is 12.7 Å². The van der Waals surface area contributed by atoms with E-state index in [2.05, 4.69) is 9.97 Å². The van der Waals surface area contributed by atoms with Crippen LogP contribution in [0.3, 0.4) is 0 Å². The lowest BCUT2D eigenvalue weighted by Crippen LogP contribution is -1.92. The summed E-state index contributed by atoms with van der Waals surface area (Å²) in [7, 11) is 1.52. The third kappa shape index (κ3) is 1.70. The van der Waals surface area contributed by atoms with Gasteiger partial charge in [-0.15, -0.1) is 0 Å². The number of ether oxygens (including phenoxy) is 1. The van der Waals surface area contributed by atoms with Crippen molar-refractivity contribution in [1.29, 1.82) is 0 Å². The van der Waals surface area contributed by atoms with Gasteiger partial charge in [0.05, 0.1) is 25.3 Å². The number of aromatic nitrogens is 2. The molecule has 0 bridgehead atoms. The van der Waals surface area contributed by atoms with Crippen molar-refractivity contribution in [3.63, 3.8) is 0 Å². The van der Waals surface area contributed by atoms with Crippen LogP contribution in [-0.2, 0) is 0 Å². The van der Waals surface area contributed by atoms with E-state index in [4.69, 9.17) is 4.74 Å². The predicted molar refractivity (Wildman–Crippen MR) is 55.3 cm³/mol. The molecule has 0 atom stereocenters. The number of H-pyrrole nitrogens is 1. The Hall–Kier alpha value is -1.84. The molecule has 1 N–H and O–H groups in total. The molecule has 0 spiro atoms. The number of methoxy groups -OCH3 is 1. The molecule has 0 aliphatic heterocycles.